The molecule has 116 valence electrons. The highest BCUT2D eigenvalue weighted by atomic mass is 16.5. The maximum atomic E-state index is 11.9. The molecule has 1 amide bonds. The van der Waals surface area contributed by atoms with Crippen molar-refractivity contribution in [1.82, 2.24) is 15.3 Å². The summed E-state index contributed by atoms with van der Waals surface area (Å²) >= 11 is 0. The summed E-state index contributed by atoms with van der Waals surface area (Å²) in [6.45, 7) is 5.02. The van der Waals surface area contributed by atoms with E-state index in [1.54, 1.807) is 13.2 Å². The highest BCUT2D eigenvalue weighted by molar-refractivity contribution is 5.92. The number of anilines is 2. The highest BCUT2D eigenvalue weighted by Crippen LogP contribution is 2.18. The van der Waals surface area contributed by atoms with Gasteiger partial charge in [0.25, 0.3) is 5.91 Å². The van der Waals surface area contributed by atoms with Crippen molar-refractivity contribution in [3.05, 3.63) is 47.4 Å². The maximum absolute atomic E-state index is 11.9. The lowest BCUT2D eigenvalue weighted by Crippen LogP contribution is -2.27. The first-order valence-electron chi connectivity index (χ1n) is 7.03. The summed E-state index contributed by atoms with van der Waals surface area (Å²) in [7, 11) is 1.59. The van der Waals surface area contributed by atoms with Gasteiger partial charge in [-0.3, -0.25) is 4.79 Å². The Bertz CT molecular complexity index is 658. The molecular weight excluding hydrogens is 280 g/mol. The van der Waals surface area contributed by atoms with E-state index in [0.717, 1.165) is 5.69 Å². The van der Waals surface area contributed by atoms with E-state index in [2.05, 4.69) is 34.4 Å². The molecule has 0 saturated carbocycles. The number of benzene rings is 1. The molecule has 0 aliphatic rings. The van der Waals surface area contributed by atoms with Crippen LogP contribution >= 0.6 is 0 Å². The highest BCUT2D eigenvalue weighted by Gasteiger charge is 2.08. The molecule has 1 heterocycles. The fraction of sp³-hybridized carbons (Fsp3) is 0.312. The summed E-state index contributed by atoms with van der Waals surface area (Å²) in [5.41, 5.74) is 3.66. The van der Waals surface area contributed by atoms with E-state index in [1.165, 1.54) is 17.5 Å². The number of carbonyl (C=O) groups is 1. The predicted molar refractivity (Wildman–Crippen MR) is 85.4 cm³/mol. The monoisotopic (exact) mass is 300 g/mol. The minimum Gasteiger partial charge on any atom is -0.383 e. The normalized spacial score (nSPS) is 10.3. The second kappa shape index (κ2) is 7.51. The number of nitrogens with zero attached hydrogens (tertiary/aromatic N) is 2. The number of hydrogen-bond acceptors (Lipinski definition) is 5. The summed E-state index contributed by atoms with van der Waals surface area (Å²) in [6.07, 6.45) is 1.37. The van der Waals surface area contributed by atoms with Crippen molar-refractivity contribution in [3.63, 3.8) is 0 Å². The lowest BCUT2D eigenvalue weighted by molar-refractivity contribution is 0.0932. The molecule has 6 nitrogen and oxygen atoms in total. The smallest absolute Gasteiger partial charge is 0.270 e. The van der Waals surface area contributed by atoms with Crippen LogP contribution in [-0.4, -0.2) is 36.1 Å². The van der Waals surface area contributed by atoms with Gasteiger partial charge in [-0.1, -0.05) is 6.07 Å². The van der Waals surface area contributed by atoms with Gasteiger partial charge in [0.15, 0.2) is 0 Å². The molecule has 22 heavy (non-hydrogen) atoms. The summed E-state index contributed by atoms with van der Waals surface area (Å²) in [5, 5.41) is 5.90. The molecular formula is C16H20N4O2. The Kier molecular flexibility index (Phi) is 5.43. The second-order valence-corrected chi connectivity index (χ2v) is 4.96. The van der Waals surface area contributed by atoms with Crippen molar-refractivity contribution in [3.8, 4) is 0 Å². The van der Waals surface area contributed by atoms with Crippen molar-refractivity contribution in [1.29, 1.82) is 0 Å². The van der Waals surface area contributed by atoms with Gasteiger partial charge in [-0.15, -0.1) is 0 Å². The Hall–Kier alpha value is -2.47. The lowest BCUT2D eigenvalue weighted by atomic mass is 10.1. The second-order valence-electron chi connectivity index (χ2n) is 4.96. The quantitative estimate of drug-likeness (QED) is 0.800. The van der Waals surface area contributed by atoms with Crippen LogP contribution in [0, 0.1) is 13.8 Å². The number of aromatic nitrogens is 2. The van der Waals surface area contributed by atoms with Gasteiger partial charge < -0.3 is 15.4 Å². The van der Waals surface area contributed by atoms with Crippen molar-refractivity contribution >= 4 is 17.4 Å². The van der Waals surface area contributed by atoms with E-state index in [1.807, 2.05) is 18.2 Å². The Morgan fingerprint density at radius 2 is 2.00 bits per heavy atom. The van der Waals surface area contributed by atoms with E-state index < -0.39 is 0 Å². The summed E-state index contributed by atoms with van der Waals surface area (Å²) in [4.78, 5) is 20.1. The number of rotatable bonds is 6. The average Bonchev–Trinajstić information content (AvgIpc) is 2.51. The first-order chi connectivity index (χ1) is 10.6. The third-order valence-corrected chi connectivity index (χ3v) is 3.27. The number of nitrogens with one attached hydrogen (secondary N) is 2. The van der Waals surface area contributed by atoms with Crippen LogP contribution in [0.15, 0.2) is 30.6 Å². The molecule has 0 fully saturated rings. The van der Waals surface area contributed by atoms with Gasteiger partial charge >= 0.3 is 0 Å². The Morgan fingerprint density at radius 3 is 2.73 bits per heavy atom. The third-order valence-electron chi connectivity index (χ3n) is 3.27. The first-order valence-corrected chi connectivity index (χ1v) is 7.03. The molecule has 0 bridgehead atoms. The summed E-state index contributed by atoms with van der Waals surface area (Å²) in [5.74, 6) is 0.331. The maximum Gasteiger partial charge on any atom is 0.270 e. The number of methoxy groups -OCH3 is 1. The van der Waals surface area contributed by atoms with Crippen molar-refractivity contribution < 1.29 is 9.53 Å². The molecule has 2 aromatic rings. The van der Waals surface area contributed by atoms with Gasteiger partial charge in [0.05, 0.1) is 6.61 Å². The SMILES string of the molecule is COCCNC(=O)c1cc(Nc2ccc(C)c(C)c2)ncn1. The van der Waals surface area contributed by atoms with Crippen LogP contribution in [-0.2, 0) is 4.74 Å². The lowest BCUT2D eigenvalue weighted by Gasteiger charge is -2.09. The molecule has 0 aliphatic carbocycles. The van der Waals surface area contributed by atoms with Crippen molar-refractivity contribution in [2.75, 3.05) is 25.6 Å². The number of carbonyl (C=O) groups excluding carboxylic acids is 1. The fourth-order valence-electron chi connectivity index (χ4n) is 1.87. The van der Waals surface area contributed by atoms with Gasteiger partial charge in [-0.25, -0.2) is 9.97 Å². The number of aryl methyl sites for hydroxylation is 2. The largest absolute Gasteiger partial charge is 0.383 e. The molecule has 0 spiro atoms. The van der Waals surface area contributed by atoms with Gasteiger partial charge in [0.2, 0.25) is 0 Å². The van der Waals surface area contributed by atoms with Crippen LogP contribution in [0.25, 0.3) is 0 Å². The number of ether oxygens (including phenoxy) is 1. The zero-order valence-corrected chi connectivity index (χ0v) is 13.0. The molecule has 0 atom stereocenters. The molecule has 2 N–H and O–H groups in total. The Balaban J connectivity index is 2.07. The van der Waals surface area contributed by atoms with Gasteiger partial charge in [0, 0.05) is 25.4 Å². The minimum atomic E-state index is -0.248. The van der Waals surface area contributed by atoms with E-state index in [-0.39, 0.29) is 5.91 Å². The van der Waals surface area contributed by atoms with Crippen LogP contribution in [0.2, 0.25) is 0 Å². The van der Waals surface area contributed by atoms with Crippen LogP contribution in [0.3, 0.4) is 0 Å². The van der Waals surface area contributed by atoms with Crippen molar-refractivity contribution in [2.24, 2.45) is 0 Å². The topological polar surface area (TPSA) is 76.1 Å². The molecule has 0 aliphatic heterocycles. The molecule has 0 saturated heterocycles. The van der Waals surface area contributed by atoms with Gasteiger partial charge in [0.1, 0.15) is 17.8 Å². The summed E-state index contributed by atoms with van der Waals surface area (Å²) in [6, 6.07) is 7.67. The number of amides is 1. The Morgan fingerprint density at radius 1 is 1.18 bits per heavy atom. The van der Waals surface area contributed by atoms with Crippen LogP contribution in [0.5, 0.6) is 0 Å². The van der Waals surface area contributed by atoms with Gasteiger partial charge in [-0.05, 0) is 37.1 Å². The molecule has 1 aromatic carbocycles. The summed E-state index contributed by atoms with van der Waals surface area (Å²) < 4.78 is 4.89. The van der Waals surface area contributed by atoms with E-state index >= 15 is 0 Å². The van der Waals surface area contributed by atoms with Crippen LogP contribution < -0.4 is 10.6 Å². The minimum absolute atomic E-state index is 0.248. The van der Waals surface area contributed by atoms with Gasteiger partial charge in [-0.2, -0.15) is 0 Å². The third kappa shape index (κ3) is 4.26. The predicted octanol–water partition coefficient (Wildman–Crippen LogP) is 2.21. The van der Waals surface area contributed by atoms with E-state index in [9.17, 15) is 4.79 Å². The van der Waals surface area contributed by atoms with Crippen LogP contribution in [0.4, 0.5) is 11.5 Å². The fourth-order valence-corrected chi connectivity index (χ4v) is 1.87. The Labute approximate surface area is 129 Å². The first kappa shape index (κ1) is 15.9. The zero-order chi connectivity index (χ0) is 15.9. The van der Waals surface area contributed by atoms with Crippen LogP contribution in [0.1, 0.15) is 21.6 Å². The average molecular weight is 300 g/mol. The van der Waals surface area contributed by atoms with E-state index in [4.69, 9.17) is 4.74 Å². The molecule has 6 heteroatoms. The van der Waals surface area contributed by atoms with E-state index in [0.29, 0.717) is 24.7 Å². The van der Waals surface area contributed by atoms with Crippen molar-refractivity contribution in [2.45, 2.75) is 13.8 Å². The molecule has 0 radical (unpaired) electrons. The molecule has 1 aromatic heterocycles. The standard InChI is InChI=1S/C16H20N4O2/c1-11-4-5-13(8-12(11)2)20-15-9-14(18-10-19-15)16(21)17-6-7-22-3/h4-5,8-10H,6-7H2,1-3H3,(H,17,21)(H,18,19,20). The molecule has 0 unspecified atom stereocenters. The zero-order valence-electron chi connectivity index (χ0n) is 13.0. The molecule has 2 rings (SSSR count). The number of hydrogen-bond donors (Lipinski definition) is 2.